The van der Waals surface area contributed by atoms with Crippen molar-refractivity contribution in [3.8, 4) is 17.2 Å². The zero-order valence-electron chi connectivity index (χ0n) is 25.2. The first-order valence-corrected chi connectivity index (χ1v) is 15.2. The lowest BCUT2D eigenvalue weighted by molar-refractivity contribution is -0.116. The third-order valence-corrected chi connectivity index (χ3v) is 8.94. The van der Waals surface area contributed by atoms with Gasteiger partial charge in [-0.05, 0) is 78.1 Å². The van der Waals surface area contributed by atoms with E-state index in [1.54, 1.807) is 42.5 Å². The molecule has 1 aliphatic carbocycles. The van der Waals surface area contributed by atoms with Gasteiger partial charge in [0.25, 0.3) is 0 Å². The van der Waals surface area contributed by atoms with E-state index in [1.165, 1.54) is 38.4 Å². The number of carbonyl (C=O) groups excluding carboxylic acids is 2. The van der Waals surface area contributed by atoms with Crippen LogP contribution in [-0.2, 0) is 4.79 Å². The maximum absolute atomic E-state index is 14.4. The van der Waals surface area contributed by atoms with E-state index < -0.39 is 12.1 Å². The van der Waals surface area contributed by atoms with Crippen LogP contribution in [0.3, 0.4) is 0 Å². The van der Waals surface area contributed by atoms with Gasteiger partial charge in [0, 0.05) is 23.4 Å². The monoisotopic (exact) mass is 661 g/mol. The molecule has 2 N–H and O–H groups in total. The molecule has 46 heavy (non-hydrogen) atoms. The van der Waals surface area contributed by atoms with E-state index >= 15 is 0 Å². The van der Waals surface area contributed by atoms with E-state index in [9.17, 15) is 14.0 Å². The van der Waals surface area contributed by atoms with E-state index in [1.807, 2.05) is 24.3 Å². The highest BCUT2D eigenvalue weighted by Crippen LogP contribution is 2.50. The number of halogens is 3. The molecule has 0 saturated carbocycles. The smallest absolute Gasteiger partial charge is 0.327 e. The van der Waals surface area contributed by atoms with E-state index in [-0.39, 0.29) is 29.0 Å². The van der Waals surface area contributed by atoms with Gasteiger partial charge in [-0.15, -0.1) is 0 Å². The number of benzene rings is 4. The fourth-order valence-corrected chi connectivity index (χ4v) is 6.44. The molecule has 2 atom stereocenters. The van der Waals surface area contributed by atoms with Gasteiger partial charge < -0.3 is 24.8 Å². The number of ether oxygens (including phenoxy) is 3. The summed E-state index contributed by atoms with van der Waals surface area (Å²) in [5.74, 6) is 0.235. The van der Waals surface area contributed by atoms with Crippen molar-refractivity contribution in [3.05, 3.63) is 117 Å². The molecule has 1 aliphatic heterocycles. The largest absolute Gasteiger partial charge is 0.493 e. The van der Waals surface area contributed by atoms with Crippen LogP contribution in [0, 0.1) is 5.82 Å². The number of rotatable bonds is 6. The van der Waals surface area contributed by atoms with Crippen LogP contribution < -0.4 is 29.7 Å². The maximum Gasteiger partial charge on any atom is 0.327 e. The van der Waals surface area contributed by atoms with Crippen molar-refractivity contribution in [2.75, 3.05) is 36.9 Å². The third-order valence-electron chi connectivity index (χ3n) is 8.20. The van der Waals surface area contributed by atoms with Gasteiger partial charge in [-0.25, -0.2) is 9.18 Å². The first-order chi connectivity index (χ1) is 22.2. The Labute approximate surface area is 275 Å². The van der Waals surface area contributed by atoms with Crippen molar-refractivity contribution in [1.29, 1.82) is 0 Å². The van der Waals surface area contributed by atoms with E-state index in [0.717, 1.165) is 5.56 Å². The Bertz CT molecular complexity index is 1860. The number of hydrogen-bond acceptors (Lipinski definition) is 6. The number of allylic oxidation sites excluding steroid dienone is 1. The van der Waals surface area contributed by atoms with Crippen LogP contribution in [0.5, 0.6) is 17.2 Å². The molecule has 4 aromatic carbocycles. The number of urea groups is 1. The van der Waals surface area contributed by atoms with Crippen LogP contribution >= 0.6 is 23.2 Å². The van der Waals surface area contributed by atoms with Gasteiger partial charge in [0.15, 0.2) is 17.3 Å². The van der Waals surface area contributed by atoms with Crippen LogP contribution in [0.4, 0.5) is 26.2 Å². The van der Waals surface area contributed by atoms with E-state index in [4.69, 9.17) is 37.4 Å². The van der Waals surface area contributed by atoms with Crippen molar-refractivity contribution >= 4 is 52.1 Å². The quantitative estimate of drug-likeness (QED) is 0.215. The number of nitrogens with zero attached hydrogens (tertiary/aromatic N) is 1. The number of nitrogens with one attached hydrogen (secondary N) is 2. The summed E-state index contributed by atoms with van der Waals surface area (Å²) in [6.07, 6.45) is 0.519. The Morgan fingerprint density at radius 3 is 2.28 bits per heavy atom. The summed E-state index contributed by atoms with van der Waals surface area (Å²) in [6, 6.07) is 20.4. The highest BCUT2D eigenvalue weighted by Gasteiger charge is 2.42. The summed E-state index contributed by atoms with van der Waals surface area (Å²) in [5.41, 5.74) is 3.82. The van der Waals surface area contributed by atoms with Crippen LogP contribution in [0.1, 0.15) is 35.9 Å². The summed E-state index contributed by atoms with van der Waals surface area (Å²) in [7, 11) is 4.50. The SMILES string of the molecule is COc1cc([C@@H]2C3=C(C[C@@H](c4cccc(F)c4)CC3=O)Nc3ccccc3N2C(=O)Nc2ccc(Cl)c(Cl)c2)cc(OC)c1OC. The molecule has 0 aromatic heterocycles. The van der Waals surface area contributed by atoms with Crippen LogP contribution in [0.2, 0.25) is 10.0 Å². The van der Waals surface area contributed by atoms with Crippen molar-refractivity contribution < 1.29 is 28.2 Å². The Kier molecular flexibility index (Phi) is 8.80. The molecule has 11 heteroatoms. The number of para-hydroxylation sites is 2. The lowest BCUT2D eigenvalue weighted by Crippen LogP contribution is -2.41. The molecule has 2 aliphatic rings. The Morgan fingerprint density at radius 2 is 1.61 bits per heavy atom. The molecule has 0 radical (unpaired) electrons. The number of hydrogen-bond donors (Lipinski definition) is 2. The molecule has 0 spiro atoms. The average molecular weight is 663 g/mol. The maximum atomic E-state index is 14.4. The Morgan fingerprint density at radius 1 is 0.870 bits per heavy atom. The van der Waals surface area contributed by atoms with Gasteiger partial charge in [0.2, 0.25) is 5.75 Å². The summed E-state index contributed by atoms with van der Waals surface area (Å²) in [5, 5.41) is 7.02. The molecule has 0 saturated heterocycles. The lowest BCUT2D eigenvalue weighted by Gasteiger charge is -2.35. The summed E-state index contributed by atoms with van der Waals surface area (Å²) >= 11 is 12.4. The second kappa shape index (κ2) is 12.9. The van der Waals surface area contributed by atoms with E-state index in [2.05, 4.69) is 10.6 Å². The Balaban J connectivity index is 1.57. The summed E-state index contributed by atoms with van der Waals surface area (Å²) < 4.78 is 31.2. The first-order valence-electron chi connectivity index (χ1n) is 14.4. The molecule has 4 aromatic rings. The minimum atomic E-state index is -0.941. The molecular weight excluding hydrogens is 632 g/mol. The highest BCUT2D eigenvalue weighted by molar-refractivity contribution is 6.42. The van der Waals surface area contributed by atoms with Crippen molar-refractivity contribution in [2.45, 2.75) is 24.8 Å². The van der Waals surface area contributed by atoms with Gasteiger partial charge in [-0.2, -0.15) is 0 Å². The van der Waals surface area contributed by atoms with Crippen LogP contribution in [0.15, 0.2) is 90.1 Å². The van der Waals surface area contributed by atoms with Crippen LogP contribution in [0.25, 0.3) is 0 Å². The molecule has 2 amide bonds. The number of carbonyl (C=O) groups is 2. The standard InChI is InChI=1S/C35H30Cl2FN3O5/c1-44-30-16-21(17-31(45-2)34(30)46-3)33-32-27(14-20(15-29(32)42)19-7-6-8-22(38)13-19)40-26-9-4-5-10-28(26)41(33)35(43)39-23-11-12-24(36)25(37)18-23/h4-13,16-18,20,33,40H,14-15H2,1-3H3,(H,39,43)/t20-,33-/m1/s1. The van der Waals surface area contributed by atoms with Crippen molar-refractivity contribution in [1.82, 2.24) is 0 Å². The molecule has 0 bridgehead atoms. The number of methoxy groups -OCH3 is 3. The fourth-order valence-electron chi connectivity index (χ4n) is 6.14. The van der Waals surface area contributed by atoms with Gasteiger partial charge in [-0.1, -0.05) is 47.5 Å². The fraction of sp³-hybridized carbons (Fsp3) is 0.200. The molecule has 8 nitrogen and oxygen atoms in total. The van der Waals surface area contributed by atoms with E-state index in [0.29, 0.717) is 62.6 Å². The second-order valence-electron chi connectivity index (χ2n) is 10.9. The van der Waals surface area contributed by atoms with Crippen molar-refractivity contribution in [3.63, 3.8) is 0 Å². The second-order valence-corrected chi connectivity index (χ2v) is 11.7. The molecular formula is C35H30Cl2FN3O5. The first kappa shape index (κ1) is 31.3. The minimum absolute atomic E-state index is 0.115. The third kappa shape index (κ3) is 5.84. The number of fused-ring (bicyclic) bond motifs is 1. The predicted molar refractivity (Wildman–Crippen MR) is 177 cm³/mol. The molecule has 236 valence electrons. The summed E-state index contributed by atoms with van der Waals surface area (Å²) in [6.45, 7) is 0. The summed E-state index contributed by atoms with van der Waals surface area (Å²) in [4.78, 5) is 30.3. The zero-order valence-corrected chi connectivity index (χ0v) is 26.7. The molecule has 6 rings (SSSR count). The van der Waals surface area contributed by atoms with Crippen LogP contribution in [-0.4, -0.2) is 33.1 Å². The van der Waals surface area contributed by atoms with Gasteiger partial charge >= 0.3 is 6.03 Å². The molecule has 1 heterocycles. The van der Waals surface area contributed by atoms with Gasteiger partial charge in [0.05, 0.1) is 48.8 Å². The zero-order chi connectivity index (χ0) is 32.5. The molecule has 0 unspecified atom stereocenters. The van der Waals surface area contributed by atoms with Crippen molar-refractivity contribution in [2.24, 2.45) is 0 Å². The van der Waals surface area contributed by atoms with Gasteiger partial charge in [0.1, 0.15) is 5.82 Å². The minimum Gasteiger partial charge on any atom is -0.493 e. The number of anilines is 3. The topological polar surface area (TPSA) is 89.1 Å². The number of Topliss-reactive ketones (excluding diaryl/α,β-unsaturated/α-hetero) is 1. The number of amides is 2. The lowest BCUT2D eigenvalue weighted by atomic mass is 9.78. The predicted octanol–water partition coefficient (Wildman–Crippen LogP) is 8.76. The Hall–Kier alpha value is -4.73. The van der Waals surface area contributed by atoms with Gasteiger partial charge in [-0.3, -0.25) is 9.69 Å². The normalized spacial score (nSPS) is 17.3. The number of ketones is 1. The average Bonchev–Trinajstić information content (AvgIpc) is 3.20. The molecule has 0 fully saturated rings. The highest BCUT2D eigenvalue weighted by atomic mass is 35.5.